The van der Waals surface area contributed by atoms with Crippen molar-refractivity contribution in [1.82, 2.24) is 9.21 Å². The highest BCUT2D eigenvalue weighted by Crippen LogP contribution is 2.32. The molecule has 2 fully saturated rings. The lowest BCUT2D eigenvalue weighted by atomic mass is 10.0. The van der Waals surface area contributed by atoms with Crippen LogP contribution >= 0.6 is 0 Å². The van der Waals surface area contributed by atoms with Crippen LogP contribution in [0.2, 0.25) is 0 Å². The summed E-state index contributed by atoms with van der Waals surface area (Å²) in [7, 11) is -3.79. The third kappa shape index (κ3) is 5.03. The first-order valence-electron chi connectivity index (χ1n) is 11.1. The van der Waals surface area contributed by atoms with Gasteiger partial charge in [-0.3, -0.25) is 14.9 Å². The maximum Gasteiger partial charge on any atom is 0.293 e. The van der Waals surface area contributed by atoms with E-state index in [-0.39, 0.29) is 39.9 Å². The van der Waals surface area contributed by atoms with E-state index in [0.717, 1.165) is 18.9 Å². The van der Waals surface area contributed by atoms with Gasteiger partial charge < -0.3 is 14.6 Å². The molecule has 4 rings (SSSR count). The lowest BCUT2D eigenvalue weighted by Gasteiger charge is -2.32. The normalized spacial score (nSPS) is 20.5. The summed E-state index contributed by atoms with van der Waals surface area (Å²) in [6.45, 7) is 3.83. The molecule has 0 spiro atoms. The zero-order valence-electron chi connectivity index (χ0n) is 18.5. The molecule has 1 aromatic heterocycles. The minimum absolute atomic E-state index is 0.0623. The van der Waals surface area contributed by atoms with E-state index in [2.05, 4.69) is 5.32 Å². The molecule has 1 N–H and O–H groups in total. The average Bonchev–Trinajstić information content (AvgIpc) is 3.34. The Morgan fingerprint density at radius 3 is 2.58 bits per heavy atom. The lowest BCUT2D eigenvalue weighted by Crippen LogP contribution is -2.42. The van der Waals surface area contributed by atoms with Crippen LogP contribution in [-0.4, -0.2) is 60.7 Å². The van der Waals surface area contributed by atoms with Gasteiger partial charge in [0.2, 0.25) is 10.0 Å². The van der Waals surface area contributed by atoms with Gasteiger partial charge in [0, 0.05) is 38.3 Å². The first-order valence-corrected chi connectivity index (χ1v) is 12.6. The van der Waals surface area contributed by atoms with Crippen molar-refractivity contribution in [3.63, 3.8) is 0 Å². The molecule has 3 heterocycles. The second-order valence-corrected chi connectivity index (χ2v) is 10.7. The van der Waals surface area contributed by atoms with Crippen LogP contribution in [0.25, 0.3) is 0 Å². The maximum atomic E-state index is 13.0. The summed E-state index contributed by atoms with van der Waals surface area (Å²) in [6.07, 6.45) is 4.42. The van der Waals surface area contributed by atoms with Gasteiger partial charge in [-0.2, -0.15) is 4.31 Å². The Kier molecular flexibility index (Phi) is 6.71. The lowest BCUT2D eigenvalue weighted by molar-refractivity contribution is -0.384. The van der Waals surface area contributed by atoms with Crippen LogP contribution in [0.1, 0.15) is 43.2 Å². The smallest absolute Gasteiger partial charge is 0.293 e. The van der Waals surface area contributed by atoms with E-state index in [1.165, 1.54) is 22.7 Å². The second kappa shape index (κ2) is 9.52. The van der Waals surface area contributed by atoms with Crippen molar-refractivity contribution in [2.24, 2.45) is 5.92 Å². The molecule has 10 nitrogen and oxygen atoms in total. The van der Waals surface area contributed by atoms with E-state index in [0.29, 0.717) is 39.0 Å². The molecule has 1 atom stereocenters. The first-order chi connectivity index (χ1) is 15.8. The number of nitro benzene ring substituents is 1. The number of sulfonamides is 1. The number of hydrogen-bond acceptors (Lipinski definition) is 7. The van der Waals surface area contributed by atoms with Gasteiger partial charge in [-0.15, -0.1) is 0 Å². The van der Waals surface area contributed by atoms with Crippen molar-refractivity contribution in [2.75, 3.05) is 31.5 Å². The number of benzene rings is 1. The molecule has 1 aromatic carbocycles. The molecule has 1 amide bonds. The van der Waals surface area contributed by atoms with Gasteiger partial charge in [0.15, 0.2) is 5.76 Å². The van der Waals surface area contributed by atoms with Crippen molar-refractivity contribution in [3.05, 3.63) is 52.5 Å². The molecular weight excluding hydrogens is 448 g/mol. The summed E-state index contributed by atoms with van der Waals surface area (Å²) in [5.41, 5.74) is 0.0111. The van der Waals surface area contributed by atoms with Crippen LogP contribution in [0.5, 0.6) is 0 Å². The standard InChI is InChI=1S/C22H28N4O6S/c1-16-4-2-10-25(15-16)33(30,31)18-6-7-19(20(14-18)26(28)29)23-17-8-11-24(12-9-17)22(27)21-5-3-13-32-21/h3,5-7,13-14,16-17,23H,2,4,8-12,15H2,1H3. The Labute approximate surface area is 192 Å². The monoisotopic (exact) mass is 476 g/mol. The van der Waals surface area contributed by atoms with Crippen molar-refractivity contribution in [3.8, 4) is 0 Å². The highest BCUT2D eigenvalue weighted by molar-refractivity contribution is 7.89. The summed E-state index contributed by atoms with van der Waals surface area (Å²) in [6, 6.07) is 7.26. The zero-order valence-corrected chi connectivity index (χ0v) is 19.3. The summed E-state index contributed by atoms with van der Waals surface area (Å²) in [5, 5.41) is 14.9. The van der Waals surface area contributed by atoms with Crippen LogP contribution in [0, 0.1) is 16.0 Å². The number of nitro groups is 1. The predicted octanol–water partition coefficient (Wildman–Crippen LogP) is 3.33. The van der Waals surface area contributed by atoms with Gasteiger partial charge in [-0.05, 0) is 55.9 Å². The Bertz CT molecular complexity index is 1110. The molecule has 2 aromatic rings. The molecule has 11 heteroatoms. The average molecular weight is 477 g/mol. The molecule has 178 valence electrons. The van der Waals surface area contributed by atoms with Crippen molar-refractivity contribution in [1.29, 1.82) is 0 Å². The van der Waals surface area contributed by atoms with Crippen molar-refractivity contribution >= 4 is 27.3 Å². The number of nitrogens with one attached hydrogen (secondary N) is 1. The number of furan rings is 1. The van der Waals surface area contributed by atoms with Gasteiger partial charge in [-0.25, -0.2) is 8.42 Å². The van der Waals surface area contributed by atoms with Gasteiger partial charge in [0.05, 0.1) is 16.1 Å². The maximum absolute atomic E-state index is 13.0. The van der Waals surface area contributed by atoms with E-state index in [9.17, 15) is 23.3 Å². The highest BCUT2D eigenvalue weighted by atomic mass is 32.2. The minimum atomic E-state index is -3.79. The van der Waals surface area contributed by atoms with Crippen LogP contribution in [0.4, 0.5) is 11.4 Å². The van der Waals surface area contributed by atoms with Crippen molar-refractivity contribution < 1.29 is 22.6 Å². The van der Waals surface area contributed by atoms with Crippen LogP contribution < -0.4 is 5.32 Å². The zero-order chi connectivity index (χ0) is 23.6. The number of amides is 1. The predicted molar refractivity (Wildman–Crippen MR) is 122 cm³/mol. The van der Waals surface area contributed by atoms with Gasteiger partial charge in [0.1, 0.15) is 5.69 Å². The van der Waals surface area contributed by atoms with E-state index in [1.807, 2.05) is 6.92 Å². The summed E-state index contributed by atoms with van der Waals surface area (Å²) < 4.78 is 32.7. The number of nitrogens with zero attached hydrogens (tertiary/aromatic N) is 3. The molecular formula is C22H28N4O6S. The Morgan fingerprint density at radius 1 is 1.18 bits per heavy atom. The quantitative estimate of drug-likeness (QED) is 0.501. The van der Waals surface area contributed by atoms with E-state index >= 15 is 0 Å². The molecule has 33 heavy (non-hydrogen) atoms. The molecule has 2 saturated heterocycles. The Hall–Kier alpha value is -2.92. The highest BCUT2D eigenvalue weighted by Gasteiger charge is 2.31. The number of carbonyl (C=O) groups excluding carboxylic acids is 1. The molecule has 0 aliphatic carbocycles. The SMILES string of the molecule is CC1CCCN(S(=O)(=O)c2ccc(NC3CCN(C(=O)c4ccco4)CC3)c([N+](=O)[O-])c2)C1. The van der Waals surface area contributed by atoms with Crippen LogP contribution in [-0.2, 0) is 10.0 Å². The minimum Gasteiger partial charge on any atom is -0.459 e. The number of anilines is 1. The fourth-order valence-corrected chi connectivity index (χ4v) is 6.08. The topological polar surface area (TPSA) is 126 Å². The third-order valence-corrected chi connectivity index (χ3v) is 8.16. The summed E-state index contributed by atoms with van der Waals surface area (Å²) >= 11 is 0. The number of rotatable bonds is 6. The van der Waals surface area contributed by atoms with Gasteiger partial charge in [0.25, 0.3) is 11.6 Å². The van der Waals surface area contributed by atoms with E-state index in [1.54, 1.807) is 17.0 Å². The molecule has 0 radical (unpaired) electrons. The number of carbonyl (C=O) groups is 1. The molecule has 0 saturated carbocycles. The fraction of sp³-hybridized carbons (Fsp3) is 0.500. The Balaban J connectivity index is 1.45. The van der Waals surface area contributed by atoms with Gasteiger partial charge in [-0.1, -0.05) is 6.92 Å². The molecule has 2 aliphatic heterocycles. The first kappa shape index (κ1) is 23.2. The summed E-state index contributed by atoms with van der Waals surface area (Å²) in [5.74, 6) is 0.373. The Morgan fingerprint density at radius 2 is 1.94 bits per heavy atom. The number of hydrogen-bond donors (Lipinski definition) is 1. The number of likely N-dealkylation sites (tertiary alicyclic amines) is 1. The summed E-state index contributed by atoms with van der Waals surface area (Å²) in [4.78, 5) is 25.2. The van der Waals surface area contributed by atoms with E-state index in [4.69, 9.17) is 4.42 Å². The van der Waals surface area contributed by atoms with E-state index < -0.39 is 14.9 Å². The van der Waals surface area contributed by atoms with Crippen LogP contribution in [0.3, 0.4) is 0 Å². The second-order valence-electron chi connectivity index (χ2n) is 8.73. The largest absolute Gasteiger partial charge is 0.459 e. The molecule has 2 aliphatic rings. The van der Waals surface area contributed by atoms with Gasteiger partial charge >= 0.3 is 0 Å². The number of piperidine rings is 2. The molecule has 1 unspecified atom stereocenters. The third-order valence-electron chi connectivity index (χ3n) is 6.30. The van der Waals surface area contributed by atoms with Crippen LogP contribution in [0.15, 0.2) is 45.9 Å². The fourth-order valence-electron chi connectivity index (χ4n) is 4.46. The van der Waals surface area contributed by atoms with Crippen molar-refractivity contribution in [2.45, 2.75) is 43.5 Å². The molecule has 0 bridgehead atoms.